The molecular weight excluding hydrogens is 332 g/mol. The van der Waals surface area contributed by atoms with E-state index >= 15 is 0 Å². The van der Waals surface area contributed by atoms with Gasteiger partial charge in [-0.2, -0.15) is 0 Å². The van der Waals surface area contributed by atoms with Crippen LogP contribution < -0.4 is 10.5 Å². The Morgan fingerprint density at radius 1 is 1.14 bits per heavy atom. The lowest BCUT2D eigenvalue weighted by molar-refractivity contribution is 0.459. The van der Waals surface area contributed by atoms with Gasteiger partial charge in [0.25, 0.3) is 10.0 Å². The molecule has 21 heavy (non-hydrogen) atoms. The minimum absolute atomic E-state index is 0.0155. The molecule has 3 N–H and O–H groups in total. The number of benzene rings is 1. The Hall–Kier alpha value is -1.65. The smallest absolute Gasteiger partial charge is 0.263 e. The standard InChI is InChI=1S/C11H8F4N2O2S2/c12-5-3-6(13)10(15)11(9(5)14)17-21(18,19)8-1-2-20-7(8)4-16/h1-3,17H,4,16H2. The van der Waals surface area contributed by atoms with Crippen LogP contribution in [0.2, 0.25) is 0 Å². The third kappa shape index (κ3) is 2.87. The first-order valence-corrected chi connectivity index (χ1v) is 7.76. The fraction of sp³-hybridized carbons (Fsp3) is 0.0909. The van der Waals surface area contributed by atoms with E-state index in [1.165, 1.54) is 16.2 Å². The van der Waals surface area contributed by atoms with Crippen molar-refractivity contribution in [1.82, 2.24) is 0 Å². The van der Waals surface area contributed by atoms with E-state index in [4.69, 9.17) is 5.73 Å². The molecule has 10 heteroatoms. The maximum Gasteiger partial charge on any atom is 0.263 e. The molecule has 114 valence electrons. The molecule has 0 spiro atoms. The minimum Gasteiger partial charge on any atom is -0.326 e. The van der Waals surface area contributed by atoms with E-state index in [1.807, 2.05) is 0 Å². The Kier molecular flexibility index (Phi) is 4.21. The summed E-state index contributed by atoms with van der Waals surface area (Å²) in [6, 6.07) is 1.15. The molecule has 2 aromatic rings. The third-order valence-corrected chi connectivity index (χ3v) is 5.03. The highest BCUT2D eigenvalue weighted by atomic mass is 32.2. The van der Waals surface area contributed by atoms with Crippen LogP contribution in [-0.2, 0) is 16.6 Å². The summed E-state index contributed by atoms with van der Waals surface area (Å²) in [7, 11) is -4.42. The number of halogens is 4. The second-order valence-electron chi connectivity index (χ2n) is 3.86. The Balaban J connectivity index is 2.52. The summed E-state index contributed by atoms with van der Waals surface area (Å²) in [6.45, 7) is -0.115. The van der Waals surface area contributed by atoms with Crippen LogP contribution in [0.5, 0.6) is 0 Å². The second kappa shape index (κ2) is 5.62. The van der Waals surface area contributed by atoms with E-state index in [-0.39, 0.29) is 22.4 Å². The number of hydrogen-bond donors (Lipinski definition) is 2. The molecule has 1 aromatic heterocycles. The number of nitrogens with two attached hydrogens (primary N) is 1. The zero-order valence-electron chi connectivity index (χ0n) is 10.2. The van der Waals surface area contributed by atoms with Crippen molar-refractivity contribution in [3.8, 4) is 0 Å². The van der Waals surface area contributed by atoms with E-state index in [0.29, 0.717) is 0 Å². The molecule has 1 aromatic carbocycles. The molecule has 0 radical (unpaired) electrons. The monoisotopic (exact) mass is 340 g/mol. The van der Waals surface area contributed by atoms with Gasteiger partial charge in [0.15, 0.2) is 23.3 Å². The van der Waals surface area contributed by atoms with Crippen LogP contribution in [0.3, 0.4) is 0 Å². The minimum atomic E-state index is -4.42. The van der Waals surface area contributed by atoms with Gasteiger partial charge in [-0.25, -0.2) is 26.0 Å². The molecule has 0 saturated heterocycles. The third-order valence-electron chi connectivity index (χ3n) is 2.53. The summed E-state index contributed by atoms with van der Waals surface area (Å²) in [5, 5.41) is 1.41. The average Bonchev–Trinajstić information content (AvgIpc) is 2.91. The maximum atomic E-state index is 13.5. The SMILES string of the molecule is NCc1sccc1S(=O)(=O)Nc1c(F)c(F)cc(F)c1F. The summed E-state index contributed by atoms with van der Waals surface area (Å²) in [6.07, 6.45) is 0. The fourth-order valence-electron chi connectivity index (χ4n) is 1.57. The first-order valence-electron chi connectivity index (χ1n) is 5.40. The van der Waals surface area contributed by atoms with Crippen molar-refractivity contribution in [1.29, 1.82) is 0 Å². The van der Waals surface area contributed by atoms with E-state index in [2.05, 4.69) is 0 Å². The maximum absolute atomic E-state index is 13.5. The van der Waals surface area contributed by atoms with Crippen molar-refractivity contribution in [2.24, 2.45) is 5.73 Å². The van der Waals surface area contributed by atoms with Gasteiger partial charge in [0.2, 0.25) is 0 Å². The molecule has 4 nitrogen and oxygen atoms in total. The molecule has 0 aliphatic heterocycles. The number of hydrogen-bond acceptors (Lipinski definition) is 4. The van der Waals surface area contributed by atoms with Gasteiger partial charge >= 0.3 is 0 Å². The predicted molar refractivity (Wildman–Crippen MR) is 69.3 cm³/mol. The van der Waals surface area contributed by atoms with Crippen molar-refractivity contribution in [2.45, 2.75) is 11.4 Å². The van der Waals surface area contributed by atoms with Gasteiger partial charge < -0.3 is 5.73 Å². The molecule has 0 saturated carbocycles. The highest BCUT2D eigenvalue weighted by molar-refractivity contribution is 7.93. The average molecular weight is 340 g/mol. The fourth-order valence-corrected chi connectivity index (χ4v) is 3.97. The Morgan fingerprint density at radius 2 is 1.71 bits per heavy atom. The number of rotatable bonds is 4. The lowest BCUT2D eigenvalue weighted by atomic mass is 10.3. The van der Waals surface area contributed by atoms with Crippen molar-refractivity contribution in [2.75, 3.05) is 4.72 Å². The van der Waals surface area contributed by atoms with Crippen molar-refractivity contribution < 1.29 is 26.0 Å². The van der Waals surface area contributed by atoms with Gasteiger partial charge in [-0.1, -0.05) is 0 Å². The van der Waals surface area contributed by atoms with E-state index < -0.39 is 39.0 Å². The van der Waals surface area contributed by atoms with Crippen molar-refractivity contribution in [3.63, 3.8) is 0 Å². The quantitative estimate of drug-likeness (QED) is 0.664. The highest BCUT2D eigenvalue weighted by Crippen LogP contribution is 2.28. The molecule has 1 heterocycles. The predicted octanol–water partition coefficient (Wildman–Crippen LogP) is 2.56. The van der Waals surface area contributed by atoms with Gasteiger partial charge in [-0.3, -0.25) is 4.72 Å². The topological polar surface area (TPSA) is 72.2 Å². The molecular formula is C11H8F4N2O2S2. The summed E-state index contributed by atoms with van der Waals surface area (Å²) < 4.78 is 78.6. The van der Waals surface area contributed by atoms with Crippen LogP contribution in [-0.4, -0.2) is 8.42 Å². The van der Waals surface area contributed by atoms with Gasteiger partial charge in [-0.15, -0.1) is 11.3 Å². The lowest BCUT2D eigenvalue weighted by Crippen LogP contribution is -2.17. The van der Waals surface area contributed by atoms with Crippen LogP contribution in [0.1, 0.15) is 4.88 Å². The molecule has 0 unspecified atom stereocenters. The van der Waals surface area contributed by atoms with Crippen LogP contribution in [0.4, 0.5) is 23.2 Å². The first-order chi connectivity index (χ1) is 9.77. The van der Waals surface area contributed by atoms with Gasteiger partial charge in [0.05, 0.1) is 0 Å². The molecule has 2 rings (SSSR count). The molecule has 0 bridgehead atoms. The summed E-state index contributed by atoms with van der Waals surface area (Å²) in [4.78, 5) is -0.0707. The Labute approximate surface area is 121 Å². The van der Waals surface area contributed by atoms with Gasteiger partial charge in [-0.05, 0) is 11.4 Å². The first kappa shape index (κ1) is 15.7. The van der Waals surface area contributed by atoms with E-state index in [9.17, 15) is 26.0 Å². The van der Waals surface area contributed by atoms with Gasteiger partial charge in [0, 0.05) is 17.5 Å². The molecule has 0 atom stereocenters. The molecule has 0 amide bonds. The van der Waals surface area contributed by atoms with E-state index in [1.54, 1.807) is 0 Å². The van der Waals surface area contributed by atoms with Crippen LogP contribution in [0, 0.1) is 23.3 Å². The zero-order chi connectivity index (χ0) is 15.8. The zero-order valence-corrected chi connectivity index (χ0v) is 11.8. The van der Waals surface area contributed by atoms with Crippen molar-refractivity contribution in [3.05, 3.63) is 45.7 Å². The number of nitrogens with one attached hydrogen (secondary N) is 1. The Bertz CT molecular complexity index is 764. The molecule has 0 aliphatic rings. The number of sulfonamides is 1. The summed E-state index contributed by atoms with van der Waals surface area (Å²) >= 11 is 1.02. The number of thiophene rings is 1. The molecule has 0 aliphatic carbocycles. The second-order valence-corrected chi connectivity index (χ2v) is 6.51. The van der Waals surface area contributed by atoms with Crippen LogP contribution >= 0.6 is 11.3 Å². The summed E-state index contributed by atoms with van der Waals surface area (Å²) in [5.41, 5.74) is 3.93. The number of anilines is 1. The van der Waals surface area contributed by atoms with Crippen LogP contribution in [0.25, 0.3) is 0 Å². The summed E-state index contributed by atoms with van der Waals surface area (Å²) in [5.74, 6) is -7.09. The lowest BCUT2D eigenvalue weighted by Gasteiger charge is -2.11. The molecule has 0 fully saturated rings. The van der Waals surface area contributed by atoms with Crippen molar-refractivity contribution >= 4 is 27.0 Å². The largest absolute Gasteiger partial charge is 0.326 e. The highest BCUT2D eigenvalue weighted by Gasteiger charge is 2.26. The Morgan fingerprint density at radius 3 is 2.24 bits per heavy atom. The van der Waals surface area contributed by atoms with Crippen LogP contribution in [0.15, 0.2) is 22.4 Å². The van der Waals surface area contributed by atoms with E-state index in [0.717, 1.165) is 11.3 Å². The normalized spacial score (nSPS) is 11.7. The van der Waals surface area contributed by atoms with Gasteiger partial charge in [0.1, 0.15) is 10.6 Å².